The Bertz CT molecular complexity index is 324. The van der Waals surface area contributed by atoms with Gasteiger partial charge in [-0.3, -0.25) is 4.79 Å². The summed E-state index contributed by atoms with van der Waals surface area (Å²) < 4.78 is 4.96. The van der Waals surface area contributed by atoms with E-state index in [1.54, 1.807) is 0 Å². The highest BCUT2D eigenvalue weighted by Crippen LogP contribution is 2.09. The van der Waals surface area contributed by atoms with E-state index in [4.69, 9.17) is 15.3 Å². The van der Waals surface area contributed by atoms with E-state index >= 15 is 0 Å². The number of hydrogen-bond donors (Lipinski definition) is 3. The highest BCUT2D eigenvalue weighted by Gasteiger charge is 2.15. The Hall–Kier alpha value is -1.40. The van der Waals surface area contributed by atoms with Crippen molar-refractivity contribution in [2.45, 2.75) is 19.4 Å². The minimum Gasteiger partial charge on any atom is -0.446 e. The molecule has 6 nitrogen and oxygen atoms in total. The number of hydrogen-bond acceptors (Lipinski definition) is 5. The van der Waals surface area contributed by atoms with Crippen LogP contribution in [0.5, 0.6) is 0 Å². The monoisotopic (exact) mass is 213 g/mol. The number of aliphatic hydroxyl groups is 1. The molecule has 0 aliphatic heterocycles. The van der Waals surface area contributed by atoms with Crippen molar-refractivity contribution in [3.05, 3.63) is 17.8 Å². The number of carbonyl (C=O) groups excluding carboxylic acids is 1. The predicted molar refractivity (Wildman–Crippen MR) is 53.1 cm³/mol. The highest BCUT2D eigenvalue weighted by molar-refractivity contribution is 5.91. The molecule has 4 N–H and O–H groups in total. The summed E-state index contributed by atoms with van der Waals surface area (Å²) in [4.78, 5) is 15.3. The first kappa shape index (κ1) is 11.7. The second-order valence-corrected chi connectivity index (χ2v) is 3.12. The summed E-state index contributed by atoms with van der Waals surface area (Å²) in [5.41, 5.74) is 5.65. The molecule has 0 aliphatic rings. The van der Waals surface area contributed by atoms with Crippen molar-refractivity contribution in [2.24, 2.45) is 5.73 Å². The molecule has 0 saturated carbocycles. The maximum atomic E-state index is 11.4. The zero-order chi connectivity index (χ0) is 11.3. The van der Waals surface area contributed by atoms with Gasteiger partial charge in [-0.15, -0.1) is 0 Å². The molecule has 1 aromatic heterocycles. The number of oxazole rings is 1. The highest BCUT2D eigenvalue weighted by atomic mass is 16.3. The van der Waals surface area contributed by atoms with Crippen LogP contribution in [0.3, 0.4) is 0 Å². The molecular weight excluding hydrogens is 198 g/mol. The third kappa shape index (κ3) is 3.03. The van der Waals surface area contributed by atoms with Crippen molar-refractivity contribution in [1.29, 1.82) is 0 Å². The van der Waals surface area contributed by atoms with Gasteiger partial charge in [0.25, 0.3) is 5.91 Å². The van der Waals surface area contributed by atoms with Crippen LogP contribution in [0.1, 0.15) is 35.8 Å². The van der Waals surface area contributed by atoms with Gasteiger partial charge in [-0.2, -0.15) is 0 Å². The molecule has 0 aliphatic carbocycles. The molecule has 84 valence electrons. The van der Waals surface area contributed by atoms with Crippen LogP contribution in [0.2, 0.25) is 0 Å². The molecule has 0 saturated heterocycles. The Balaban J connectivity index is 2.63. The predicted octanol–water partition coefficient (Wildman–Crippen LogP) is -0.193. The summed E-state index contributed by atoms with van der Waals surface area (Å²) in [7, 11) is 0. The second kappa shape index (κ2) is 5.47. The summed E-state index contributed by atoms with van der Waals surface area (Å²) in [5.74, 6) is -0.129. The summed E-state index contributed by atoms with van der Waals surface area (Å²) in [5, 5.41) is 11.4. The maximum Gasteiger partial charge on any atom is 0.273 e. The average Bonchev–Trinajstić information content (AvgIpc) is 2.74. The molecule has 0 radical (unpaired) electrons. The zero-order valence-corrected chi connectivity index (χ0v) is 8.56. The molecule has 0 aromatic carbocycles. The summed E-state index contributed by atoms with van der Waals surface area (Å²) in [6, 6.07) is -0.683. The fourth-order valence-electron chi connectivity index (χ4n) is 0.969. The lowest BCUT2D eigenvalue weighted by atomic mass is 10.3. The lowest BCUT2D eigenvalue weighted by Crippen LogP contribution is -2.24. The Morgan fingerprint density at radius 2 is 2.53 bits per heavy atom. The second-order valence-electron chi connectivity index (χ2n) is 3.12. The Morgan fingerprint density at radius 1 is 1.80 bits per heavy atom. The van der Waals surface area contributed by atoms with Crippen LogP contribution in [0.15, 0.2) is 10.7 Å². The van der Waals surface area contributed by atoms with Crippen molar-refractivity contribution >= 4 is 5.91 Å². The number of rotatable bonds is 5. The first-order chi connectivity index (χ1) is 7.19. The van der Waals surface area contributed by atoms with Crippen LogP contribution in [0.25, 0.3) is 0 Å². The molecule has 1 amide bonds. The third-order valence-electron chi connectivity index (χ3n) is 1.80. The van der Waals surface area contributed by atoms with Gasteiger partial charge in [-0.25, -0.2) is 4.98 Å². The van der Waals surface area contributed by atoms with Crippen molar-refractivity contribution < 1.29 is 14.3 Å². The zero-order valence-electron chi connectivity index (χ0n) is 8.56. The standard InChI is InChI=1S/C9H15N3O3/c1-2-3-11-8(14)7-5-15-9(12-7)6(10)4-13/h5-6,13H,2-4,10H2,1H3,(H,11,14). The Labute approximate surface area is 87.5 Å². The number of amides is 1. The van der Waals surface area contributed by atoms with Gasteiger partial charge in [0.1, 0.15) is 12.3 Å². The number of aliphatic hydroxyl groups excluding tert-OH is 1. The van der Waals surface area contributed by atoms with Crippen LogP contribution >= 0.6 is 0 Å². The van der Waals surface area contributed by atoms with E-state index in [0.717, 1.165) is 6.42 Å². The Morgan fingerprint density at radius 3 is 3.13 bits per heavy atom. The summed E-state index contributed by atoms with van der Waals surface area (Å²) >= 11 is 0. The fourth-order valence-corrected chi connectivity index (χ4v) is 0.969. The average molecular weight is 213 g/mol. The van der Waals surface area contributed by atoms with E-state index in [9.17, 15) is 4.79 Å². The molecule has 0 fully saturated rings. The topological polar surface area (TPSA) is 101 Å². The quantitative estimate of drug-likeness (QED) is 0.629. The van der Waals surface area contributed by atoms with Crippen molar-refractivity contribution in [1.82, 2.24) is 10.3 Å². The van der Waals surface area contributed by atoms with E-state index in [1.165, 1.54) is 6.26 Å². The van der Waals surface area contributed by atoms with Crippen LogP contribution in [0, 0.1) is 0 Å². The van der Waals surface area contributed by atoms with E-state index in [2.05, 4.69) is 10.3 Å². The summed E-state index contributed by atoms with van der Waals surface area (Å²) in [6.45, 7) is 2.28. The molecular formula is C9H15N3O3. The first-order valence-corrected chi connectivity index (χ1v) is 4.79. The molecule has 1 unspecified atom stereocenters. The normalized spacial score (nSPS) is 12.5. The van der Waals surface area contributed by atoms with Gasteiger partial charge in [0.05, 0.1) is 6.61 Å². The van der Waals surface area contributed by atoms with Gasteiger partial charge >= 0.3 is 0 Å². The number of nitrogens with zero attached hydrogens (tertiary/aromatic N) is 1. The van der Waals surface area contributed by atoms with E-state index in [-0.39, 0.29) is 24.1 Å². The lowest BCUT2D eigenvalue weighted by molar-refractivity contribution is 0.0948. The van der Waals surface area contributed by atoms with Crippen LogP contribution in [0.4, 0.5) is 0 Å². The molecule has 6 heteroatoms. The van der Waals surface area contributed by atoms with Gasteiger partial charge in [-0.1, -0.05) is 6.92 Å². The molecule has 1 rings (SSSR count). The fraction of sp³-hybridized carbons (Fsp3) is 0.556. The van der Waals surface area contributed by atoms with E-state index in [0.29, 0.717) is 6.54 Å². The van der Waals surface area contributed by atoms with E-state index < -0.39 is 6.04 Å². The van der Waals surface area contributed by atoms with Crippen LogP contribution < -0.4 is 11.1 Å². The van der Waals surface area contributed by atoms with Gasteiger partial charge in [0.15, 0.2) is 5.69 Å². The van der Waals surface area contributed by atoms with E-state index in [1.807, 2.05) is 6.92 Å². The van der Waals surface area contributed by atoms with Crippen molar-refractivity contribution in [2.75, 3.05) is 13.2 Å². The van der Waals surface area contributed by atoms with Crippen LogP contribution in [-0.4, -0.2) is 29.1 Å². The molecule has 0 spiro atoms. The molecule has 0 bridgehead atoms. The first-order valence-electron chi connectivity index (χ1n) is 4.79. The minimum atomic E-state index is -0.683. The summed E-state index contributed by atoms with van der Waals surface area (Å²) in [6.07, 6.45) is 2.09. The van der Waals surface area contributed by atoms with Crippen molar-refractivity contribution in [3.8, 4) is 0 Å². The molecule has 1 atom stereocenters. The third-order valence-corrected chi connectivity index (χ3v) is 1.80. The number of carbonyl (C=O) groups is 1. The minimum absolute atomic E-state index is 0.166. The maximum absolute atomic E-state index is 11.4. The molecule has 1 aromatic rings. The van der Waals surface area contributed by atoms with Crippen molar-refractivity contribution in [3.63, 3.8) is 0 Å². The van der Waals surface area contributed by atoms with Gasteiger partial charge in [-0.05, 0) is 6.42 Å². The van der Waals surface area contributed by atoms with Crippen LogP contribution in [-0.2, 0) is 0 Å². The molecule has 1 heterocycles. The smallest absolute Gasteiger partial charge is 0.273 e. The number of nitrogens with one attached hydrogen (secondary N) is 1. The number of aromatic nitrogens is 1. The number of nitrogens with two attached hydrogens (primary N) is 1. The van der Waals surface area contributed by atoms with Gasteiger partial charge in [0, 0.05) is 6.54 Å². The molecule has 15 heavy (non-hydrogen) atoms. The SMILES string of the molecule is CCCNC(=O)c1coc(C(N)CO)n1. The Kier molecular flexibility index (Phi) is 4.26. The largest absolute Gasteiger partial charge is 0.446 e. The van der Waals surface area contributed by atoms with Gasteiger partial charge < -0.3 is 20.6 Å². The lowest BCUT2D eigenvalue weighted by Gasteiger charge is -2.00. The van der Waals surface area contributed by atoms with Gasteiger partial charge in [0.2, 0.25) is 5.89 Å².